The Morgan fingerprint density at radius 3 is 1.88 bits per heavy atom. The van der Waals surface area contributed by atoms with Crippen molar-refractivity contribution in [2.75, 3.05) is 26.9 Å². The zero-order chi connectivity index (χ0) is 60.4. The first-order valence-electron chi connectivity index (χ1n) is 28.9. The van der Waals surface area contributed by atoms with Crippen molar-refractivity contribution in [2.24, 2.45) is 23.7 Å². The number of methoxy groups -OCH3 is 1. The molecule has 83 heavy (non-hydrogen) atoms. The molecule has 4 saturated heterocycles. The first kappa shape index (κ1) is 68.3. The maximum absolute atomic E-state index is 14.1. The topological polar surface area (TPSA) is 233 Å². The Morgan fingerprint density at radius 1 is 0.747 bits per heavy atom. The molecule has 4 aliphatic rings. The molecule has 0 spiro atoms. The van der Waals surface area contributed by atoms with Crippen LogP contribution in [0.15, 0.2) is 60.7 Å². The SMILES string of the molecule is CC[C@H](C)C1O[C@H](O[C@H]2C([C@H]3COC(C)(C)O3)O[C@@](OCCC(=O)CCCN(Cc3ccccc3)C(=O)OCc3ccccc3)(C(=O)OC)C[C@H]2C)C(OC(C)=O)[C@@H](O[C@H]2O[C@@H]([C@@H](C)CC)[C@@H](P[B]B=O)C(C)C2OC(C)=O)[C@@H]1P[B]B=O. The fraction of sp³-hybridized carbons (Fsp3) is 0.702. The van der Waals surface area contributed by atoms with E-state index in [1.165, 1.54) is 27.8 Å². The summed E-state index contributed by atoms with van der Waals surface area (Å²) >= 11 is 0. The summed E-state index contributed by atoms with van der Waals surface area (Å²) in [6.07, 6.45) is -9.11. The van der Waals surface area contributed by atoms with Gasteiger partial charge in [-0.1, -0.05) is 60.7 Å². The molecule has 1 amide bonds. The molecule has 0 aliphatic carbocycles. The Morgan fingerprint density at radius 2 is 1.31 bits per heavy atom. The number of amides is 1. The van der Waals surface area contributed by atoms with Crippen molar-refractivity contribution in [3.63, 3.8) is 0 Å². The van der Waals surface area contributed by atoms with Gasteiger partial charge < -0.3 is 14.4 Å². The van der Waals surface area contributed by atoms with Crippen LogP contribution in [0.2, 0.25) is 0 Å². The molecule has 0 N–H and O–H groups in total. The van der Waals surface area contributed by atoms with E-state index in [2.05, 4.69) is 0 Å². The molecular formula is C57H83B4NO19P2. The molecule has 7 unspecified atom stereocenters. The summed E-state index contributed by atoms with van der Waals surface area (Å²) in [4.78, 5) is 69.0. The van der Waals surface area contributed by atoms with E-state index in [0.29, 0.717) is 19.9 Å². The first-order chi connectivity index (χ1) is 39.7. The molecule has 2 aromatic carbocycles. The first-order valence-corrected chi connectivity index (χ1v) is 31.2. The summed E-state index contributed by atoms with van der Waals surface area (Å²) in [5, 5.41) is 0. The third-order valence-corrected chi connectivity index (χ3v) is 18.8. The minimum absolute atomic E-state index is 0.00416. The second-order valence-corrected chi connectivity index (χ2v) is 25.1. The second kappa shape index (κ2) is 32.8. The number of rotatable bonds is 30. The molecule has 4 fully saturated rings. The number of nitrogens with zero attached hydrogens (tertiary/aromatic N) is 1. The van der Waals surface area contributed by atoms with Crippen LogP contribution in [-0.2, 0) is 98.6 Å². The van der Waals surface area contributed by atoms with E-state index in [9.17, 15) is 33.4 Å². The normalized spacial score (nSPS) is 31.3. The quantitative estimate of drug-likeness (QED) is 0.0328. The minimum atomic E-state index is -2.07. The van der Waals surface area contributed by atoms with Gasteiger partial charge in [0, 0.05) is 25.9 Å². The number of carbonyl (C=O) groups excluding carboxylic acids is 5. The van der Waals surface area contributed by atoms with Crippen LogP contribution in [0, 0.1) is 23.7 Å². The van der Waals surface area contributed by atoms with E-state index in [-0.39, 0.29) is 98.3 Å². The molecular weight excluding hydrogens is 1110 g/mol. The number of esters is 3. The molecule has 19 atom stereocenters. The van der Waals surface area contributed by atoms with Gasteiger partial charge in [-0.05, 0) is 31.4 Å². The molecule has 0 bridgehead atoms. The van der Waals surface area contributed by atoms with Crippen LogP contribution in [0.1, 0.15) is 119 Å². The monoisotopic (exact) mass is 1190 g/mol. The molecule has 452 valence electrons. The van der Waals surface area contributed by atoms with Gasteiger partial charge in [-0.3, -0.25) is 4.79 Å². The number of hydrogen-bond donors (Lipinski definition) is 0. The number of carbonyl (C=O) groups is 5. The second-order valence-electron chi connectivity index (χ2n) is 22.5. The van der Waals surface area contributed by atoms with Crippen LogP contribution in [0.3, 0.4) is 0 Å². The molecule has 20 nitrogen and oxygen atoms in total. The number of Topliss-reactive ketones (excluding diaryl/α,β-unsaturated/α-hetero) is 1. The number of hydrogen-bond acceptors (Lipinski definition) is 19. The van der Waals surface area contributed by atoms with Crippen molar-refractivity contribution in [1.82, 2.24) is 4.90 Å². The van der Waals surface area contributed by atoms with Crippen molar-refractivity contribution in [1.29, 1.82) is 0 Å². The Bertz CT molecular complexity index is 2430. The van der Waals surface area contributed by atoms with Gasteiger partial charge >= 0.3 is 324 Å². The van der Waals surface area contributed by atoms with Gasteiger partial charge in [0.05, 0.1) is 13.7 Å². The molecule has 2 aromatic rings. The Labute approximate surface area is 495 Å². The van der Waals surface area contributed by atoms with Gasteiger partial charge in [-0.25, -0.2) is 9.59 Å². The zero-order valence-electron chi connectivity index (χ0n) is 49.8. The van der Waals surface area contributed by atoms with Gasteiger partial charge in [-0.15, -0.1) is 0 Å². The van der Waals surface area contributed by atoms with Gasteiger partial charge in [0.25, 0.3) is 0 Å². The standard InChI is InChI=1S/C57H83B4NO19P2/c1-12-33(3)44-50(82-60-58-68)36(6)46(74-37(7)63)52(77-44)79-48-49(75-38(8)64)53(78-45(34(4)13-2)51(48)83-61-59-69)76-43-35(5)29-57(54(66)70-11,81-47(43)42-32-73-56(9,10)80-42)72-28-26-41(65)25-20-27-62(30-39-21-16-14-17-22-39)55(67)71-31-40-23-18-15-19-24-40/h14-19,21-24,33-36,42-53,82-83H,12-13,20,25-32H2,1-11H3/t33-,34-,35+,36?,42+,43+,44-,45?,46?,47?,48+,49?,50-,51+,52+,53-,57+/m0/s1. The zero-order valence-corrected chi connectivity index (χ0v) is 51.8. The van der Waals surface area contributed by atoms with Crippen LogP contribution in [0.25, 0.3) is 0 Å². The summed E-state index contributed by atoms with van der Waals surface area (Å²) < 4.78 is 101. The predicted octanol–water partition coefficient (Wildman–Crippen LogP) is 7.10. The molecule has 6 rings (SSSR count). The van der Waals surface area contributed by atoms with Crippen LogP contribution in [0.4, 0.5) is 4.79 Å². The molecule has 0 saturated carbocycles. The summed E-state index contributed by atoms with van der Waals surface area (Å²) in [5.41, 5.74) is 0.911. The Hall–Kier alpha value is -3.81. The van der Waals surface area contributed by atoms with E-state index in [4.69, 9.17) is 56.8 Å². The molecule has 4 heterocycles. The number of ketones is 1. The van der Waals surface area contributed by atoms with E-state index < -0.39 is 109 Å². The average molecular weight is 1190 g/mol. The van der Waals surface area contributed by atoms with Crippen LogP contribution >= 0.6 is 16.9 Å². The molecule has 2 radical (unpaired) electrons. The molecule has 4 aliphatic heterocycles. The van der Waals surface area contributed by atoms with Crippen molar-refractivity contribution >= 4 is 74.6 Å². The number of ether oxygens (including phenoxy) is 12. The van der Waals surface area contributed by atoms with Crippen molar-refractivity contribution in [2.45, 2.75) is 205 Å². The fourth-order valence-electron chi connectivity index (χ4n) is 11.3. The van der Waals surface area contributed by atoms with Gasteiger partial charge in [0.15, 0.2) is 0 Å². The van der Waals surface area contributed by atoms with E-state index in [0.717, 1.165) is 24.6 Å². The van der Waals surface area contributed by atoms with E-state index in [1.54, 1.807) is 25.6 Å². The molecule has 26 heteroatoms. The average Bonchev–Trinajstić information content (AvgIpc) is 3.98. The summed E-state index contributed by atoms with van der Waals surface area (Å²) in [5.74, 6) is -6.66. The van der Waals surface area contributed by atoms with Gasteiger partial charge in [-0.2, -0.15) is 0 Å². The van der Waals surface area contributed by atoms with E-state index in [1.807, 2.05) is 102 Å². The van der Waals surface area contributed by atoms with Crippen LogP contribution < -0.4 is 0 Å². The van der Waals surface area contributed by atoms with Crippen LogP contribution in [-0.4, -0.2) is 174 Å². The van der Waals surface area contributed by atoms with Gasteiger partial charge in [0.1, 0.15) is 12.4 Å². The molecule has 0 aromatic heterocycles. The maximum atomic E-state index is 14.1. The third kappa shape index (κ3) is 18.8. The summed E-state index contributed by atoms with van der Waals surface area (Å²) in [6.45, 7) is 21.3. The fourth-order valence-corrected chi connectivity index (χ4v) is 14.0. The Kier molecular flexibility index (Phi) is 27.0. The van der Waals surface area contributed by atoms with Crippen molar-refractivity contribution in [3.05, 3.63) is 71.8 Å². The third-order valence-electron chi connectivity index (χ3n) is 15.9. The van der Waals surface area contributed by atoms with Crippen molar-refractivity contribution in [3.8, 4) is 0 Å². The summed E-state index contributed by atoms with van der Waals surface area (Å²) in [7, 11) is 2.51. The van der Waals surface area contributed by atoms with Crippen LogP contribution in [0.5, 0.6) is 0 Å². The predicted molar refractivity (Wildman–Crippen MR) is 311 cm³/mol. The van der Waals surface area contributed by atoms with Crippen molar-refractivity contribution < 1.29 is 90.2 Å². The van der Waals surface area contributed by atoms with Gasteiger partial charge in [0.2, 0.25) is 0 Å². The summed E-state index contributed by atoms with van der Waals surface area (Å²) in [6, 6.07) is 18.9. The Balaban J connectivity index is 1.26. The van der Waals surface area contributed by atoms with E-state index >= 15 is 0 Å². The number of benzene rings is 2.